The minimum absolute atomic E-state index is 0.190. The van der Waals surface area contributed by atoms with Crippen LogP contribution in [0.5, 0.6) is 0 Å². The van der Waals surface area contributed by atoms with E-state index in [0.717, 1.165) is 4.90 Å². The van der Waals surface area contributed by atoms with Crippen molar-refractivity contribution in [3.8, 4) is 0 Å². The van der Waals surface area contributed by atoms with Gasteiger partial charge >= 0.3 is 0 Å². The molecule has 1 N–H and O–H groups in total. The Bertz CT molecular complexity index is 373. The van der Waals surface area contributed by atoms with Crippen molar-refractivity contribution in [2.75, 3.05) is 6.54 Å². The lowest BCUT2D eigenvalue weighted by molar-refractivity contribution is -0.156. The molecule has 0 aromatic carbocycles. The van der Waals surface area contributed by atoms with Crippen LogP contribution in [0.15, 0.2) is 0 Å². The summed E-state index contributed by atoms with van der Waals surface area (Å²) >= 11 is 0. The zero-order valence-electron chi connectivity index (χ0n) is 9.49. The van der Waals surface area contributed by atoms with Crippen LogP contribution in [-0.4, -0.2) is 40.5 Å². The van der Waals surface area contributed by atoms with Crippen LogP contribution in [0, 0.1) is 0 Å². The van der Waals surface area contributed by atoms with E-state index in [-0.39, 0.29) is 18.7 Å². The van der Waals surface area contributed by atoms with E-state index in [9.17, 15) is 19.2 Å². The zero-order valence-corrected chi connectivity index (χ0v) is 9.49. The van der Waals surface area contributed by atoms with Crippen LogP contribution >= 0.6 is 0 Å². The van der Waals surface area contributed by atoms with Crippen LogP contribution in [0.4, 0.5) is 0 Å². The molecule has 0 bridgehead atoms. The highest BCUT2D eigenvalue weighted by Gasteiger charge is 2.43. The fraction of sp³-hybridized carbons (Fsp3) is 0.600. The number of nitrogens with one attached hydrogen (secondary N) is 1. The van der Waals surface area contributed by atoms with Crippen molar-refractivity contribution < 1.29 is 19.2 Å². The Labute approximate surface area is 93.0 Å². The van der Waals surface area contributed by atoms with Gasteiger partial charge in [-0.2, -0.15) is 0 Å². The number of carbonyl (C=O) groups is 4. The summed E-state index contributed by atoms with van der Waals surface area (Å²) in [6, 6.07) is 0. The van der Waals surface area contributed by atoms with E-state index < -0.39 is 23.3 Å². The molecule has 0 saturated carbocycles. The molecule has 0 aliphatic carbocycles. The molecule has 88 valence electrons. The fourth-order valence-corrected chi connectivity index (χ4v) is 1.49. The number of nitrogens with zero attached hydrogens (tertiary/aromatic N) is 1. The summed E-state index contributed by atoms with van der Waals surface area (Å²) in [7, 11) is 0. The van der Waals surface area contributed by atoms with E-state index in [1.807, 2.05) is 0 Å². The average molecular weight is 226 g/mol. The van der Waals surface area contributed by atoms with Gasteiger partial charge in [-0.3, -0.25) is 24.5 Å². The van der Waals surface area contributed by atoms with Gasteiger partial charge in [0.2, 0.25) is 11.8 Å². The Morgan fingerprint density at radius 1 is 1.38 bits per heavy atom. The molecular weight excluding hydrogens is 212 g/mol. The highest BCUT2D eigenvalue weighted by atomic mass is 16.2. The third kappa shape index (κ3) is 2.26. The number of piperazine rings is 1. The van der Waals surface area contributed by atoms with Crippen LogP contribution in [0.25, 0.3) is 0 Å². The molecule has 0 unspecified atom stereocenters. The summed E-state index contributed by atoms with van der Waals surface area (Å²) < 4.78 is 0. The Hall–Kier alpha value is -1.72. The van der Waals surface area contributed by atoms with Gasteiger partial charge in [-0.05, 0) is 20.8 Å². The second-order valence-corrected chi connectivity index (χ2v) is 4.29. The number of Topliss-reactive ketones (excluding diaryl/α,β-unsaturated/α-hetero) is 1. The second-order valence-electron chi connectivity index (χ2n) is 4.29. The summed E-state index contributed by atoms with van der Waals surface area (Å²) in [5, 5.41) is 2.15. The van der Waals surface area contributed by atoms with E-state index in [4.69, 9.17) is 0 Å². The van der Waals surface area contributed by atoms with Crippen LogP contribution in [0.3, 0.4) is 0 Å². The van der Waals surface area contributed by atoms with Crippen LogP contribution < -0.4 is 5.32 Å². The zero-order chi connectivity index (χ0) is 12.5. The first-order valence-corrected chi connectivity index (χ1v) is 4.89. The maximum absolute atomic E-state index is 11.7. The van der Waals surface area contributed by atoms with Crippen LogP contribution in [-0.2, 0) is 19.2 Å². The Kier molecular flexibility index (Phi) is 3.11. The number of hydrogen-bond acceptors (Lipinski definition) is 4. The summed E-state index contributed by atoms with van der Waals surface area (Å²) in [5.41, 5.74) is -1.10. The topological polar surface area (TPSA) is 83.6 Å². The molecule has 1 heterocycles. The SMILES string of the molecule is CC(=O)CC(=O)N1CC(=O)NC(=O)C1(C)C. The Balaban J connectivity index is 2.91. The number of ketones is 1. The highest BCUT2D eigenvalue weighted by molar-refractivity contribution is 6.08. The Morgan fingerprint density at radius 2 is 1.94 bits per heavy atom. The van der Waals surface area contributed by atoms with Gasteiger partial charge in [0.1, 0.15) is 17.9 Å². The molecule has 0 aromatic heterocycles. The van der Waals surface area contributed by atoms with E-state index in [1.165, 1.54) is 20.8 Å². The fourth-order valence-electron chi connectivity index (χ4n) is 1.49. The smallest absolute Gasteiger partial charge is 0.252 e. The molecule has 0 radical (unpaired) electrons. The van der Waals surface area contributed by atoms with Gasteiger partial charge in [0.15, 0.2) is 0 Å². The molecule has 1 rings (SSSR count). The minimum Gasteiger partial charge on any atom is -0.319 e. The van der Waals surface area contributed by atoms with Crippen molar-refractivity contribution in [1.82, 2.24) is 10.2 Å². The average Bonchev–Trinajstić information content (AvgIpc) is 2.10. The second kappa shape index (κ2) is 4.03. The molecule has 1 aliphatic heterocycles. The lowest BCUT2D eigenvalue weighted by atomic mass is 9.98. The number of carbonyl (C=O) groups excluding carboxylic acids is 4. The number of rotatable bonds is 2. The summed E-state index contributed by atoms with van der Waals surface area (Å²) in [5.74, 6) is -1.85. The third-order valence-corrected chi connectivity index (χ3v) is 2.49. The molecule has 1 fully saturated rings. The quantitative estimate of drug-likeness (QED) is 0.495. The van der Waals surface area contributed by atoms with E-state index >= 15 is 0 Å². The molecule has 16 heavy (non-hydrogen) atoms. The van der Waals surface area contributed by atoms with Gasteiger partial charge in [-0.25, -0.2) is 0 Å². The third-order valence-electron chi connectivity index (χ3n) is 2.49. The first-order chi connectivity index (χ1) is 7.25. The normalized spacial score (nSPS) is 19.3. The summed E-state index contributed by atoms with van der Waals surface area (Å²) in [6.45, 7) is 4.17. The summed E-state index contributed by atoms with van der Waals surface area (Å²) in [6.07, 6.45) is -0.288. The molecule has 6 heteroatoms. The Morgan fingerprint density at radius 3 is 2.44 bits per heavy atom. The van der Waals surface area contributed by atoms with Gasteiger partial charge in [0, 0.05) is 0 Å². The van der Waals surface area contributed by atoms with Crippen LogP contribution in [0.1, 0.15) is 27.2 Å². The first-order valence-electron chi connectivity index (χ1n) is 4.89. The molecule has 0 atom stereocenters. The standard InChI is InChI=1S/C10H14N2O4/c1-6(13)4-8(15)12-5-7(14)11-9(16)10(12,2)3/h4-5H2,1-3H3,(H,11,14,16). The van der Waals surface area contributed by atoms with Crippen molar-refractivity contribution in [3.63, 3.8) is 0 Å². The number of imide groups is 1. The minimum atomic E-state index is -1.10. The molecule has 3 amide bonds. The van der Waals surface area contributed by atoms with Gasteiger partial charge in [-0.15, -0.1) is 0 Å². The number of amides is 3. The lowest BCUT2D eigenvalue weighted by Gasteiger charge is -2.40. The van der Waals surface area contributed by atoms with Crippen molar-refractivity contribution >= 4 is 23.5 Å². The van der Waals surface area contributed by atoms with E-state index in [2.05, 4.69) is 5.32 Å². The largest absolute Gasteiger partial charge is 0.319 e. The molecule has 1 aliphatic rings. The molecule has 6 nitrogen and oxygen atoms in total. The lowest BCUT2D eigenvalue weighted by Crippen LogP contribution is -2.65. The van der Waals surface area contributed by atoms with Crippen molar-refractivity contribution in [2.45, 2.75) is 32.7 Å². The van der Waals surface area contributed by atoms with Crippen LogP contribution in [0.2, 0.25) is 0 Å². The summed E-state index contributed by atoms with van der Waals surface area (Å²) in [4.78, 5) is 46.3. The molecule has 0 aromatic rings. The van der Waals surface area contributed by atoms with Gasteiger partial charge in [-0.1, -0.05) is 0 Å². The van der Waals surface area contributed by atoms with Crippen molar-refractivity contribution in [2.24, 2.45) is 0 Å². The molecular formula is C10H14N2O4. The first kappa shape index (κ1) is 12.4. The van der Waals surface area contributed by atoms with Gasteiger partial charge in [0.05, 0.1) is 6.42 Å². The monoisotopic (exact) mass is 226 g/mol. The van der Waals surface area contributed by atoms with Crippen molar-refractivity contribution in [3.05, 3.63) is 0 Å². The maximum Gasteiger partial charge on any atom is 0.252 e. The number of hydrogen-bond donors (Lipinski definition) is 1. The van der Waals surface area contributed by atoms with E-state index in [0.29, 0.717) is 0 Å². The van der Waals surface area contributed by atoms with E-state index in [1.54, 1.807) is 0 Å². The van der Waals surface area contributed by atoms with Crippen molar-refractivity contribution in [1.29, 1.82) is 0 Å². The molecule has 0 spiro atoms. The van der Waals surface area contributed by atoms with Gasteiger partial charge < -0.3 is 4.90 Å². The highest BCUT2D eigenvalue weighted by Crippen LogP contribution is 2.19. The predicted molar refractivity (Wildman–Crippen MR) is 54.2 cm³/mol. The maximum atomic E-state index is 11.7. The van der Waals surface area contributed by atoms with Gasteiger partial charge in [0.25, 0.3) is 5.91 Å². The molecule has 1 saturated heterocycles. The predicted octanol–water partition coefficient (Wildman–Crippen LogP) is -0.771.